The standard InChI is InChI=1S/C23H32O7/c1-11(10-30-12(2)24)13-16(25)14-15(18(27)17(13)26)23(5)9-7-8-22(3,4)21(23)19(28)20(14)29-6/h11,19-21,25,28H,7-10H2,1-6H3. The molecule has 30 heavy (non-hydrogen) atoms. The molecule has 0 aliphatic heterocycles. The first-order valence-corrected chi connectivity index (χ1v) is 10.5. The maximum Gasteiger partial charge on any atom is 0.302 e. The maximum atomic E-state index is 13.4. The fourth-order valence-corrected chi connectivity index (χ4v) is 6.16. The first-order valence-electron chi connectivity index (χ1n) is 10.5. The average Bonchev–Trinajstić information content (AvgIpc) is 2.63. The lowest BCUT2D eigenvalue weighted by molar-refractivity contribution is -0.144. The molecule has 7 heteroatoms. The van der Waals surface area contributed by atoms with E-state index in [1.54, 1.807) is 6.92 Å². The molecular formula is C23H32O7. The summed E-state index contributed by atoms with van der Waals surface area (Å²) in [6.45, 7) is 8.76. The van der Waals surface area contributed by atoms with Crippen molar-refractivity contribution in [3.63, 3.8) is 0 Å². The molecule has 0 radical (unpaired) electrons. The van der Waals surface area contributed by atoms with Crippen LogP contribution in [0.3, 0.4) is 0 Å². The molecule has 5 atom stereocenters. The third kappa shape index (κ3) is 3.23. The van der Waals surface area contributed by atoms with E-state index in [0.29, 0.717) is 6.42 Å². The summed E-state index contributed by atoms with van der Waals surface area (Å²) in [4.78, 5) is 37.7. The van der Waals surface area contributed by atoms with Crippen molar-refractivity contribution in [2.75, 3.05) is 13.7 Å². The molecule has 0 aromatic rings. The number of carbonyl (C=O) groups is 3. The predicted molar refractivity (Wildman–Crippen MR) is 109 cm³/mol. The number of ketones is 2. The van der Waals surface area contributed by atoms with E-state index in [0.717, 1.165) is 12.8 Å². The number of Topliss-reactive ketones (excluding diaryl/α,β-unsaturated/α-hetero) is 2. The van der Waals surface area contributed by atoms with E-state index in [2.05, 4.69) is 13.8 Å². The Morgan fingerprint density at radius 1 is 1.20 bits per heavy atom. The molecule has 1 fully saturated rings. The van der Waals surface area contributed by atoms with Crippen LogP contribution in [0.1, 0.15) is 53.9 Å². The number of aliphatic hydroxyl groups is 2. The summed E-state index contributed by atoms with van der Waals surface area (Å²) in [6, 6.07) is 0. The van der Waals surface area contributed by atoms with Crippen LogP contribution in [-0.2, 0) is 23.9 Å². The summed E-state index contributed by atoms with van der Waals surface area (Å²) in [5.41, 5.74) is -0.644. The van der Waals surface area contributed by atoms with Gasteiger partial charge in [-0.3, -0.25) is 14.4 Å². The Kier molecular flexibility index (Phi) is 5.75. The zero-order valence-corrected chi connectivity index (χ0v) is 18.6. The lowest BCUT2D eigenvalue weighted by Crippen LogP contribution is -2.60. The normalized spacial score (nSPS) is 34.4. The van der Waals surface area contributed by atoms with Crippen LogP contribution in [0.15, 0.2) is 22.5 Å². The molecule has 0 heterocycles. The third-order valence-electron chi connectivity index (χ3n) is 7.29. The van der Waals surface area contributed by atoms with Crippen LogP contribution >= 0.6 is 0 Å². The Morgan fingerprint density at radius 3 is 2.40 bits per heavy atom. The molecular weight excluding hydrogens is 388 g/mol. The predicted octanol–water partition coefficient (Wildman–Crippen LogP) is 2.67. The second-order valence-electron chi connectivity index (χ2n) is 9.80. The fourth-order valence-electron chi connectivity index (χ4n) is 6.16. The number of hydrogen-bond acceptors (Lipinski definition) is 7. The second-order valence-corrected chi connectivity index (χ2v) is 9.80. The SMILES string of the molecule is COC1C2=C(C(=O)C(=O)C(C(C)COC(C)=O)=C2O)C2(C)CCCC(C)(C)C2C1O. The summed E-state index contributed by atoms with van der Waals surface area (Å²) < 4.78 is 10.6. The first-order chi connectivity index (χ1) is 13.9. The van der Waals surface area contributed by atoms with Crippen molar-refractivity contribution in [1.82, 2.24) is 0 Å². The van der Waals surface area contributed by atoms with Gasteiger partial charge in [0.2, 0.25) is 11.6 Å². The van der Waals surface area contributed by atoms with E-state index in [9.17, 15) is 24.6 Å². The van der Waals surface area contributed by atoms with Gasteiger partial charge in [0.15, 0.2) is 0 Å². The molecule has 3 aliphatic rings. The van der Waals surface area contributed by atoms with Gasteiger partial charge in [-0.25, -0.2) is 0 Å². The van der Waals surface area contributed by atoms with Crippen LogP contribution in [0.2, 0.25) is 0 Å². The van der Waals surface area contributed by atoms with Crippen molar-refractivity contribution in [1.29, 1.82) is 0 Å². The molecule has 2 N–H and O–H groups in total. The molecule has 0 saturated heterocycles. The molecule has 0 bridgehead atoms. The monoisotopic (exact) mass is 420 g/mol. The number of ether oxygens (including phenoxy) is 2. The summed E-state index contributed by atoms with van der Waals surface area (Å²) in [6.07, 6.45) is 0.504. The minimum absolute atomic E-state index is 0.0913. The Balaban J connectivity index is 2.22. The van der Waals surface area contributed by atoms with Gasteiger partial charge in [0.25, 0.3) is 0 Å². The van der Waals surface area contributed by atoms with Crippen molar-refractivity contribution >= 4 is 17.5 Å². The highest BCUT2D eigenvalue weighted by atomic mass is 16.5. The van der Waals surface area contributed by atoms with Crippen molar-refractivity contribution < 1.29 is 34.1 Å². The Bertz CT molecular complexity index is 850. The summed E-state index contributed by atoms with van der Waals surface area (Å²) in [7, 11) is 1.42. The zero-order chi connectivity index (χ0) is 22.6. The van der Waals surface area contributed by atoms with Gasteiger partial charge in [-0.15, -0.1) is 0 Å². The van der Waals surface area contributed by atoms with Crippen molar-refractivity contribution in [3.8, 4) is 0 Å². The number of rotatable bonds is 4. The highest BCUT2D eigenvalue weighted by Gasteiger charge is 2.61. The summed E-state index contributed by atoms with van der Waals surface area (Å²) in [5.74, 6) is -3.26. The van der Waals surface area contributed by atoms with Gasteiger partial charge in [-0.1, -0.05) is 34.1 Å². The molecule has 0 aromatic heterocycles. The summed E-state index contributed by atoms with van der Waals surface area (Å²) >= 11 is 0. The van der Waals surface area contributed by atoms with E-state index in [1.165, 1.54) is 14.0 Å². The molecule has 1 saturated carbocycles. The highest BCUT2D eigenvalue weighted by Crippen LogP contribution is 2.61. The van der Waals surface area contributed by atoms with Crippen molar-refractivity contribution in [2.24, 2.45) is 22.7 Å². The Morgan fingerprint density at radius 2 is 1.83 bits per heavy atom. The third-order valence-corrected chi connectivity index (χ3v) is 7.29. The van der Waals surface area contributed by atoms with E-state index >= 15 is 0 Å². The summed E-state index contributed by atoms with van der Waals surface area (Å²) in [5, 5.41) is 22.5. The number of allylic oxidation sites excluding steroid dienone is 1. The fraction of sp³-hybridized carbons (Fsp3) is 0.696. The molecule has 166 valence electrons. The van der Waals surface area contributed by atoms with Crippen molar-refractivity contribution in [3.05, 3.63) is 22.5 Å². The van der Waals surface area contributed by atoms with E-state index in [4.69, 9.17) is 9.47 Å². The number of esters is 1. The van der Waals surface area contributed by atoms with Gasteiger partial charge in [0.1, 0.15) is 11.9 Å². The minimum atomic E-state index is -0.942. The number of carbonyl (C=O) groups excluding carboxylic acids is 3. The second kappa shape index (κ2) is 7.61. The van der Waals surface area contributed by atoms with Crippen LogP contribution in [0, 0.1) is 22.7 Å². The maximum absolute atomic E-state index is 13.4. The molecule has 0 spiro atoms. The van der Waals surface area contributed by atoms with Crippen LogP contribution in [-0.4, -0.2) is 53.7 Å². The number of methoxy groups -OCH3 is 1. The average molecular weight is 421 g/mol. The van der Waals surface area contributed by atoms with Gasteiger partial charge in [-0.2, -0.15) is 0 Å². The van der Waals surface area contributed by atoms with Gasteiger partial charge in [0.05, 0.1) is 18.3 Å². The molecule has 3 aliphatic carbocycles. The van der Waals surface area contributed by atoms with Crippen LogP contribution in [0.25, 0.3) is 0 Å². The molecule has 5 unspecified atom stereocenters. The molecule has 0 aromatic carbocycles. The number of aliphatic hydroxyl groups excluding tert-OH is 2. The van der Waals surface area contributed by atoms with Gasteiger partial charge in [0, 0.05) is 42.4 Å². The van der Waals surface area contributed by atoms with Crippen LogP contribution in [0.5, 0.6) is 0 Å². The Labute approximate surface area is 177 Å². The highest BCUT2D eigenvalue weighted by molar-refractivity contribution is 6.50. The Hall–Kier alpha value is -1.99. The van der Waals surface area contributed by atoms with Gasteiger partial charge < -0.3 is 19.7 Å². The van der Waals surface area contributed by atoms with E-state index < -0.39 is 41.1 Å². The van der Waals surface area contributed by atoms with E-state index in [-0.39, 0.29) is 40.4 Å². The first kappa shape index (κ1) is 22.7. The molecule has 7 nitrogen and oxygen atoms in total. The topological polar surface area (TPSA) is 110 Å². The quantitative estimate of drug-likeness (QED) is 0.409. The van der Waals surface area contributed by atoms with Crippen LogP contribution in [0.4, 0.5) is 0 Å². The molecule has 3 rings (SSSR count). The van der Waals surface area contributed by atoms with Gasteiger partial charge >= 0.3 is 5.97 Å². The lowest BCUT2D eigenvalue weighted by atomic mass is 9.47. The zero-order valence-electron chi connectivity index (χ0n) is 18.6. The number of hydrogen-bond donors (Lipinski definition) is 2. The smallest absolute Gasteiger partial charge is 0.302 e. The van der Waals surface area contributed by atoms with Crippen molar-refractivity contribution in [2.45, 2.75) is 66.1 Å². The van der Waals surface area contributed by atoms with Gasteiger partial charge in [-0.05, 0) is 18.3 Å². The lowest BCUT2D eigenvalue weighted by Gasteiger charge is -2.58. The van der Waals surface area contributed by atoms with E-state index in [1.807, 2.05) is 6.92 Å². The van der Waals surface area contributed by atoms with Crippen LogP contribution < -0.4 is 0 Å². The number of fused-ring (bicyclic) bond motifs is 2. The minimum Gasteiger partial charge on any atom is -0.507 e. The largest absolute Gasteiger partial charge is 0.507 e. The molecule has 0 amide bonds.